The highest BCUT2D eigenvalue weighted by Gasteiger charge is 1.97. The van der Waals surface area contributed by atoms with Crippen LogP contribution in [0.3, 0.4) is 0 Å². The quantitative estimate of drug-likeness (QED) is 0.660. The van der Waals surface area contributed by atoms with Crippen LogP contribution in [0.25, 0.3) is 6.08 Å². The standard InChI is InChI=1S/C17H18N2O/c1-13-4-2-6-15(10-13)12-19-17(20)9-8-14-5-3-7-16(18)11-14/h2-11H,12,18H2,1H3,(H,19,20)/b9-8+. The van der Waals surface area contributed by atoms with E-state index in [1.165, 1.54) is 11.6 Å². The van der Waals surface area contributed by atoms with Crippen molar-refractivity contribution in [3.63, 3.8) is 0 Å². The van der Waals surface area contributed by atoms with Gasteiger partial charge in [-0.2, -0.15) is 0 Å². The van der Waals surface area contributed by atoms with Gasteiger partial charge in [0, 0.05) is 18.3 Å². The van der Waals surface area contributed by atoms with Crippen molar-refractivity contribution in [2.75, 3.05) is 5.73 Å². The van der Waals surface area contributed by atoms with Crippen molar-refractivity contribution in [2.24, 2.45) is 0 Å². The fourth-order valence-electron chi connectivity index (χ4n) is 1.90. The predicted octanol–water partition coefficient (Wildman–Crippen LogP) is 2.91. The third-order valence-electron chi connectivity index (χ3n) is 2.89. The average molecular weight is 266 g/mol. The maximum Gasteiger partial charge on any atom is 0.244 e. The number of rotatable bonds is 4. The normalized spacial score (nSPS) is 10.7. The molecule has 1 amide bonds. The molecule has 0 aliphatic carbocycles. The first-order valence-corrected chi connectivity index (χ1v) is 6.50. The fourth-order valence-corrected chi connectivity index (χ4v) is 1.90. The second kappa shape index (κ2) is 6.57. The number of hydrogen-bond acceptors (Lipinski definition) is 2. The number of aryl methyl sites for hydroxylation is 1. The Bertz CT molecular complexity index is 632. The zero-order valence-electron chi connectivity index (χ0n) is 11.5. The van der Waals surface area contributed by atoms with E-state index >= 15 is 0 Å². The van der Waals surface area contributed by atoms with Crippen molar-refractivity contribution < 1.29 is 4.79 Å². The van der Waals surface area contributed by atoms with E-state index in [-0.39, 0.29) is 5.91 Å². The molecule has 0 saturated heterocycles. The highest BCUT2D eigenvalue weighted by Crippen LogP contribution is 2.08. The van der Waals surface area contributed by atoms with E-state index in [0.717, 1.165) is 11.1 Å². The second-order valence-corrected chi connectivity index (χ2v) is 4.71. The molecule has 0 atom stereocenters. The monoisotopic (exact) mass is 266 g/mol. The van der Waals surface area contributed by atoms with Gasteiger partial charge in [-0.1, -0.05) is 42.0 Å². The molecule has 0 saturated carbocycles. The van der Waals surface area contributed by atoms with Crippen molar-refractivity contribution in [3.8, 4) is 0 Å². The van der Waals surface area contributed by atoms with Crippen LogP contribution in [0.2, 0.25) is 0 Å². The summed E-state index contributed by atoms with van der Waals surface area (Å²) in [5.74, 6) is -0.117. The third-order valence-corrected chi connectivity index (χ3v) is 2.89. The molecule has 3 heteroatoms. The summed E-state index contributed by atoms with van der Waals surface area (Å²) in [4.78, 5) is 11.7. The second-order valence-electron chi connectivity index (χ2n) is 4.71. The number of nitrogens with one attached hydrogen (secondary N) is 1. The Labute approximate surface area is 119 Å². The Morgan fingerprint density at radius 1 is 1.20 bits per heavy atom. The average Bonchev–Trinajstić information content (AvgIpc) is 2.43. The van der Waals surface area contributed by atoms with E-state index in [2.05, 4.69) is 11.4 Å². The van der Waals surface area contributed by atoms with Gasteiger partial charge in [0.1, 0.15) is 0 Å². The predicted molar refractivity (Wildman–Crippen MR) is 82.9 cm³/mol. The fraction of sp³-hybridized carbons (Fsp3) is 0.118. The molecule has 3 nitrogen and oxygen atoms in total. The van der Waals surface area contributed by atoms with Crippen LogP contribution in [-0.2, 0) is 11.3 Å². The van der Waals surface area contributed by atoms with Crippen molar-refractivity contribution in [3.05, 3.63) is 71.3 Å². The summed E-state index contributed by atoms with van der Waals surface area (Å²) in [7, 11) is 0. The van der Waals surface area contributed by atoms with Crippen molar-refractivity contribution in [1.82, 2.24) is 5.32 Å². The van der Waals surface area contributed by atoms with Crippen LogP contribution >= 0.6 is 0 Å². The molecule has 0 radical (unpaired) electrons. The zero-order chi connectivity index (χ0) is 14.4. The van der Waals surface area contributed by atoms with Crippen LogP contribution < -0.4 is 11.1 Å². The van der Waals surface area contributed by atoms with Gasteiger partial charge < -0.3 is 11.1 Å². The summed E-state index contributed by atoms with van der Waals surface area (Å²) in [6, 6.07) is 15.5. The number of benzene rings is 2. The molecule has 3 N–H and O–H groups in total. The molecule has 2 aromatic rings. The van der Waals surface area contributed by atoms with E-state index in [1.54, 1.807) is 6.08 Å². The molecule has 20 heavy (non-hydrogen) atoms. The Morgan fingerprint density at radius 2 is 2.00 bits per heavy atom. The zero-order valence-corrected chi connectivity index (χ0v) is 11.5. The summed E-state index contributed by atoms with van der Waals surface area (Å²) in [6.07, 6.45) is 3.27. The topological polar surface area (TPSA) is 55.1 Å². The summed E-state index contributed by atoms with van der Waals surface area (Å²) >= 11 is 0. The number of amides is 1. The minimum absolute atomic E-state index is 0.117. The van der Waals surface area contributed by atoms with Gasteiger partial charge in [-0.15, -0.1) is 0 Å². The minimum atomic E-state index is -0.117. The van der Waals surface area contributed by atoms with Crippen molar-refractivity contribution >= 4 is 17.7 Å². The molecule has 0 bridgehead atoms. The van der Waals surface area contributed by atoms with Gasteiger partial charge in [0.2, 0.25) is 5.91 Å². The number of carbonyl (C=O) groups excluding carboxylic acids is 1. The summed E-state index contributed by atoms with van der Waals surface area (Å²) in [5.41, 5.74) is 9.56. The molecular weight excluding hydrogens is 248 g/mol. The number of hydrogen-bond donors (Lipinski definition) is 2. The van der Waals surface area contributed by atoms with E-state index in [4.69, 9.17) is 5.73 Å². The SMILES string of the molecule is Cc1cccc(CNC(=O)/C=C/c2cccc(N)c2)c1. The number of carbonyl (C=O) groups is 1. The molecule has 0 aliphatic rings. The molecule has 0 unspecified atom stereocenters. The van der Waals surface area contributed by atoms with Crippen LogP contribution in [0.15, 0.2) is 54.6 Å². The van der Waals surface area contributed by atoms with Crippen LogP contribution in [0.1, 0.15) is 16.7 Å². The number of anilines is 1. The highest BCUT2D eigenvalue weighted by molar-refractivity contribution is 5.91. The molecule has 102 valence electrons. The molecule has 0 spiro atoms. The Morgan fingerprint density at radius 3 is 2.75 bits per heavy atom. The highest BCUT2D eigenvalue weighted by atomic mass is 16.1. The molecule has 2 rings (SSSR count). The molecule has 0 aromatic heterocycles. The Kier molecular flexibility index (Phi) is 4.56. The van der Waals surface area contributed by atoms with Gasteiger partial charge in [-0.05, 0) is 36.3 Å². The van der Waals surface area contributed by atoms with E-state index in [9.17, 15) is 4.79 Å². The van der Waals surface area contributed by atoms with Crippen LogP contribution in [-0.4, -0.2) is 5.91 Å². The molecule has 0 aliphatic heterocycles. The lowest BCUT2D eigenvalue weighted by molar-refractivity contribution is -0.116. The lowest BCUT2D eigenvalue weighted by atomic mass is 10.1. The first-order chi connectivity index (χ1) is 9.63. The Balaban J connectivity index is 1.89. The first-order valence-electron chi connectivity index (χ1n) is 6.50. The maximum atomic E-state index is 11.7. The van der Waals surface area contributed by atoms with Crippen LogP contribution in [0.5, 0.6) is 0 Å². The van der Waals surface area contributed by atoms with Gasteiger partial charge in [-0.3, -0.25) is 4.79 Å². The third kappa shape index (κ3) is 4.28. The van der Waals surface area contributed by atoms with Gasteiger partial charge >= 0.3 is 0 Å². The van der Waals surface area contributed by atoms with Crippen LogP contribution in [0, 0.1) is 6.92 Å². The largest absolute Gasteiger partial charge is 0.399 e. The summed E-state index contributed by atoms with van der Waals surface area (Å²) in [6.45, 7) is 2.56. The number of nitrogen functional groups attached to an aromatic ring is 1. The molecule has 0 heterocycles. The lowest BCUT2D eigenvalue weighted by Crippen LogP contribution is -2.20. The van der Waals surface area contributed by atoms with Crippen molar-refractivity contribution in [1.29, 1.82) is 0 Å². The number of nitrogens with two attached hydrogens (primary N) is 1. The van der Waals surface area contributed by atoms with Crippen molar-refractivity contribution in [2.45, 2.75) is 13.5 Å². The Hall–Kier alpha value is -2.55. The van der Waals surface area contributed by atoms with E-state index < -0.39 is 0 Å². The lowest BCUT2D eigenvalue weighted by Gasteiger charge is -2.03. The summed E-state index contributed by atoms with van der Waals surface area (Å²) < 4.78 is 0. The molecule has 2 aromatic carbocycles. The smallest absolute Gasteiger partial charge is 0.244 e. The van der Waals surface area contributed by atoms with Gasteiger partial charge in [-0.25, -0.2) is 0 Å². The molecule has 0 fully saturated rings. The maximum absolute atomic E-state index is 11.7. The van der Waals surface area contributed by atoms with Gasteiger partial charge in [0.25, 0.3) is 0 Å². The van der Waals surface area contributed by atoms with E-state index in [1.807, 2.05) is 49.4 Å². The summed E-state index contributed by atoms with van der Waals surface area (Å²) in [5, 5.41) is 2.85. The van der Waals surface area contributed by atoms with Gasteiger partial charge in [0.05, 0.1) is 0 Å². The molecular formula is C17H18N2O. The first kappa shape index (κ1) is 13.9. The minimum Gasteiger partial charge on any atom is -0.399 e. The van der Waals surface area contributed by atoms with E-state index in [0.29, 0.717) is 12.2 Å². The van der Waals surface area contributed by atoms with Gasteiger partial charge in [0.15, 0.2) is 0 Å². The van der Waals surface area contributed by atoms with Crippen LogP contribution in [0.4, 0.5) is 5.69 Å².